The lowest BCUT2D eigenvalue weighted by molar-refractivity contribution is -0.137. The molecule has 150 valence electrons. The molecule has 0 saturated carbocycles. The Morgan fingerprint density at radius 2 is 2.00 bits per heavy atom. The van der Waals surface area contributed by atoms with Gasteiger partial charge in [0.1, 0.15) is 6.04 Å². The number of hydrogen-bond donors (Lipinski definition) is 1. The first kappa shape index (κ1) is 20.1. The van der Waals surface area contributed by atoms with Crippen LogP contribution in [-0.4, -0.2) is 83.0 Å². The average molecular weight is 383 g/mol. The van der Waals surface area contributed by atoms with E-state index < -0.39 is 0 Å². The SMILES string of the molecule is Cc1[nH]ncc1C(=O)N1CCN(C)C(C(=O)N(C)CCCc2ccccc2)C1. The number of nitrogens with one attached hydrogen (secondary N) is 1. The van der Waals surface area contributed by atoms with Gasteiger partial charge in [0.25, 0.3) is 5.91 Å². The van der Waals surface area contributed by atoms with Crippen molar-refractivity contribution in [2.75, 3.05) is 40.3 Å². The second kappa shape index (κ2) is 9.01. The van der Waals surface area contributed by atoms with Gasteiger partial charge >= 0.3 is 0 Å². The summed E-state index contributed by atoms with van der Waals surface area (Å²) in [4.78, 5) is 31.4. The number of benzene rings is 1. The number of aryl methyl sites for hydroxylation is 2. The number of nitrogens with zero attached hydrogens (tertiary/aromatic N) is 4. The predicted octanol–water partition coefficient (Wildman–Crippen LogP) is 1.57. The van der Waals surface area contributed by atoms with Gasteiger partial charge in [0.2, 0.25) is 5.91 Å². The van der Waals surface area contributed by atoms with Crippen molar-refractivity contribution in [2.45, 2.75) is 25.8 Å². The Balaban J connectivity index is 1.56. The van der Waals surface area contributed by atoms with E-state index >= 15 is 0 Å². The van der Waals surface area contributed by atoms with E-state index in [1.165, 1.54) is 5.56 Å². The number of rotatable bonds is 6. The summed E-state index contributed by atoms with van der Waals surface area (Å²) in [5.74, 6) is 0.000794. The van der Waals surface area contributed by atoms with Gasteiger partial charge in [-0.15, -0.1) is 0 Å². The van der Waals surface area contributed by atoms with Gasteiger partial charge in [0.05, 0.1) is 11.8 Å². The van der Waals surface area contributed by atoms with Crippen molar-refractivity contribution in [1.29, 1.82) is 0 Å². The number of aromatic nitrogens is 2. The molecule has 1 aliphatic rings. The van der Waals surface area contributed by atoms with Gasteiger partial charge < -0.3 is 9.80 Å². The molecule has 7 heteroatoms. The number of amides is 2. The quantitative estimate of drug-likeness (QED) is 0.822. The summed E-state index contributed by atoms with van der Waals surface area (Å²) in [5.41, 5.74) is 2.61. The molecule has 1 aromatic heterocycles. The highest BCUT2D eigenvalue weighted by atomic mass is 16.2. The summed E-state index contributed by atoms with van der Waals surface area (Å²) in [5, 5.41) is 6.74. The van der Waals surface area contributed by atoms with Crippen molar-refractivity contribution in [3.63, 3.8) is 0 Å². The lowest BCUT2D eigenvalue weighted by atomic mass is 10.1. The highest BCUT2D eigenvalue weighted by Crippen LogP contribution is 2.15. The van der Waals surface area contributed by atoms with Gasteiger partial charge in [-0.2, -0.15) is 5.10 Å². The van der Waals surface area contributed by atoms with Crippen molar-refractivity contribution in [2.24, 2.45) is 0 Å². The van der Waals surface area contributed by atoms with Crippen LogP contribution in [0, 0.1) is 6.92 Å². The van der Waals surface area contributed by atoms with Crippen LogP contribution in [-0.2, 0) is 11.2 Å². The van der Waals surface area contributed by atoms with E-state index in [-0.39, 0.29) is 17.9 Å². The maximum atomic E-state index is 13.0. The monoisotopic (exact) mass is 383 g/mol. The first-order valence-corrected chi connectivity index (χ1v) is 9.75. The second-order valence-electron chi connectivity index (χ2n) is 7.51. The number of aromatic amines is 1. The molecule has 2 aromatic rings. The van der Waals surface area contributed by atoms with E-state index in [1.54, 1.807) is 16.0 Å². The van der Waals surface area contributed by atoms with Crippen LogP contribution in [0.25, 0.3) is 0 Å². The zero-order chi connectivity index (χ0) is 20.1. The van der Waals surface area contributed by atoms with Gasteiger partial charge in [0, 0.05) is 38.9 Å². The van der Waals surface area contributed by atoms with Crippen LogP contribution in [0.1, 0.15) is 28.0 Å². The largest absolute Gasteiger partial charge is 0.344 e. The van der Waals surface area contributed by atoms with E-state index in [2.05, 4.69) is 22.3 Å². The van der Waals surface area contributed by atoms with Gasteiger partial charge in [-0.3, -0.25) is 19.6 Å². The van der Waals surface area contributed by atoms with E-state index in [1.807, 2.05) is 44.1 Å². The molecule has 0 radical (unpaired) electrons. The Morgan fingerprint density at radius 1 is 1.25 bits per heavy atom. The maximum Gasteiger partial charge on any atom is 0.257 e. The zero-order valence-corrected chi connectivity index (χ0v) is 16.9. The van der Waals surface area contributed by atoms with Crippen LogP contribution in [0.3, 0.4) is 0 Å². The highest BCUT2D eigenvalue weighted by Gasteiger charge is 2.34. The van der Waals surface area contributed by atoms with Crippen molar-refractivity contribution in [1.82, 2.24) is 24.9 Å². The molecule has 1 aromatic carbocycles. The maximum absolute atomic E-state index is 13.0. The fraction of sp³-hybridized carbons (Fsp3) is 0.476. The molecule has 1 aliphatic heterocycles. The van der Waals surface area contributed by atoms with Crippen LogP contribution < -0.4 is 0 Å². The molecule has 1 N–H and O–H groups in total. The molecular weight excluding hydrogens is 354 g/mol. The number of hydrogen-bond acceptors (Lipinski definition) is 4. The minimum absolute atomic E-state index is 0.0659. The minimum atomic E-state index is -0.313. The number of carbonyl (C=O) groups excluding carboxylic acids is 2. The Kier molecular flexibility index (Phi) is 6.46. The smallest absolute Gasteiger partial charge is 0.257 e. The average Bonchev–Trinajstić information content (AvgIpc) is 3.14. The molecule has 2 heterocycles. The molecule has 2 amide bonds. The third-order valence-electron chi connectivity index (χ3n) is 5.46. The van der Waals surface area contributed by atoms with Gasteiger partial charge in [-0.05, 0) is 32.4 Å². The minimum Gasteiger partial charge on any atom is -0.344 e. The normalized spacial score (nSPS) is 17.5. The fourth-order valence-electron chi connectivity index (χ4n) is 3.59. The van der Waals surface area contributed by atoms with Crippen LogP contribution in [0.15, 0.2) is 36.5 Å². The highest BCUT2D eigenvalue weighted by molar-refractivity contribution is 5.95. The van der Waals surface area contributed by atoms with E-state index in [0.29, 0.717) is 31.7 Å². The number of piperazine rings is 1. The Hall–Kier alpha value is -2.67. The summed E-state index contributed by atoms with van der Waals surface area (Å²) < 4.78 is 0. The van der Waals surface area contributed by atoms with Gasteiger partial charge in [0.15, 0.2) is 0 Å². The molecule has 0 aliphatic carbocycles. The molecule has 1 saturated heterocycles. The summed E-state index contributed by atoms with van der Waals surface area (Å²) in [6.07, 6.45) is 3.42. The molecule has 1 atom stereocenters. The predicted molar refractivity (Wildman–Crippen MR) is 108 cm³/mol. The topological polar surface area (TPSA) is 72.5 Å². The molecule has 0 bridgehead atoms. The molecule has 28 heavy (non-hydrogen) atoms. The van der Waals surface area contributed by atoms with Crippen molar-refractivity contribution in [3.8, 4) is 0 Å². The molecule has 3 rings (SSSR count). The van der Waals surface area contributed by atoms with E-state index in [4.69, 9.17) is 0 Å². The van der Waals surface area contributed by atoms with Crippen LogP contribution in [0.2, 0.25) is 0 Å². The summed E-state index contributed by atoms with van der Waals surface area (Å²) in [7, 11) is 3.80. The number of H-pyrrole nitrogens is 1. The van der Waals surface area contributed by atoms with Crippen LogP contribution >= 0.6 is 0 Å². The zero-order valence-electron chi connectivity index (χ0n) is 16.9. The summed E-state index contributed by atoms with van der Waals surface area (Å²) >= 11 is 0. The van der Waals surface area contributed by atoms with E-state index in [9.17, 15) is 9.59 Å². The first-order chi connectivity index (χ1) is 13.5. The fourth-order valence-corrected chi connectivity index (χ4v) is 3.59. The standard InChI is InChI=1S/C21H29N5O2/c1-16-18(14-22-23-16)20(27)26-13-12-24(2)19(15-26)21(28)25(3)11-7-10-17-8-5-4-6-9-17/h4-6,8-9,14,19H,7,10-13,15H2,1-3H3,(H,22,23). The van der Waals surface area contributed by atoms with E-state index in [0.717, 1.165) is 18.5 Å². The Labute approximate surface area is 166 Å². The summed E-state index contributed by atoms with van der Waals surface area (Å²) in [6.45, 7) is 4.23. The molecule has 7 nitrogen and oxygen atoms in total. The molecule has 1 unspecified atom stereocenters. The Bertz CT molecular complexity index is 804. The third-order valence-corrected chi connectivity index (χ3v) is 5.46. The molecule has 1 fully saturated rings. The number of carbonyl (C=O) groups is 2. The molecular formula is C21H29N5O2. The summed E-state index contributed by atoms with van der Waals surface area (Å²) in [6, 6.07) is 9.99. The van der Waals surface area contributed by atoms with Gasteiger partial charge in [-0.25, -0.2) is 0 Å². The van der Waals surface area contributed by atoms with Crippen molar-refractivity contribution >= 4 is 11.8 Å². The second-order valence-corrected chi connectivity index (χ2v) is 7.51. The van der Waals surface area contributed by atoms with Crippen LogP contribution in [0.5, 0.6) is 0 Å². The lowest BCUT2D eigenvalue weighted by Crippen LogP contribution is -2.59. The third kappa shape index (κ3) is 4.59. The number of likely N-dealkylation sites (N-methyl/N-ethyl adjacent to an activating group) is 2. The van der Waals surface area contributed by atoms with Gasteiger partial charge in [-0.1, -0.05) is 30.3 Å². The molecule has 0 spiro atoms. The Morgan fingerprint density at radius 3 is 2.68 bits per heavy atom. The first-order valence-electron chi connectivity index (χ1n) is 9.75. The van der Waals surface area contributed by atoms with Crippen LogP contribution in [0.4, 0.5) is 0 Å². The van der Waals surface area contributed by atoms with Crippen molar-refractivity contribution < 1.29 is 9.59 Å². The lowest BCUT2D eigenvalue weighted by Gasteiger charge is -2.40. The van der Waals surface area contributed by atoms with Crippen molar-refractivity contribution in [3.05, 3.63) is 53.3 Å².